The van der Waals surface area contributed by atoms with Crippen LogP contribution in [0.2, 0.25) is 0 Å². The minimum Gasteiger partial charge on any atom is -0.483 e. The third-order valence-electron chi connectivity index (χ3n) is 2.28. The van der Waals surface area contributed by atoms with Crippen LogP contribution in [0.4, 0.5) is 15.8 Å². The number of hydrogen-bond acceptors (Lipinski definition) is 4. The number of rotatable bonds is 2. The van der Waals surface area contributed by atoms with Crippen LogP contribution in [0.1, 0.15) is 0 Å². The van der Waals surface area contributed by atoms with Gasteiger partial charge in [-0.1, -0.05) is 0 Å². The molecular formula is C10H13FN2O2. The van der Waals surface area contributed by atoms with Gasteiger partial charge < -0.3 is 20.9 Å². The van der Waals surface area contributed by atoms with Gasteiger partial charge in [-0.05, 0) is 12.1 Å². The highest BCUT2D eigenvalue weighted by atomic mass is 19.1. The van der Waals surface area contributed by atoms with Gasteiger partial charge in [-0.2, -0.15) is 0 Å². The summed E-state index contributed by atoms with van der Waals surface area (Å²) in [5, 5.41) is 0. The molecule has 1 aromatic rings. The quantitative estimate of drug-likeness (QED) is 0.716. The Kier molecular flexibility index (Phi) is 2.64. The fourth-order valence-corrected chi connectivity index (χ4v) is 1.43. The molecule has 4 N–H and O–H groups in total. The second-order valence-electron chi connectivity index (χ2n) is 3.51. The lowest BCUT2D eigenvalue weighted by Crippen LogP contribution is -2.26. The summed E-state index contributed by atoms with van der Waals surface area (Å²) in [4.78, 5) is 0. The molecule has 2 atom stereocenters. The summed E-state index contributed by atoms with van der Waals surface area (Å²) in [6.45, 7) is 0.322. The van der Waals surface area contributed by atoms with Gasteiger partial charge in [0.05, 0.1) is 18.9 Å². The lowest BCUT2D eigenvalue weighted by Gasteiger charge is -2.15. The zero-order valence-electron chi connectivity index (χ0n) is 8.15. The molecule has 4 nitrogen and oxygen atoms in total. The maximum Gasteiger partial charge on any atom is 0.162 e. The molecular weight excluding hydrogens is 199 g/mol. The van der Waals surface area contributed by atoms with Gasteiger partial charge in [-0.3, -0.25) is 0 Å². The van der Waals surface area contributed by atoms with Crippen molar-refractivity contribution < 1.29 is 13.9 Å². The number of benzene rings is 1. The van der Waals surface area contributed by atoms with Gasteiger partial charge in [0.2, 0.25) is 0 Å². The molecule has 1 aliphatic heterocycles. The van der Waals surface area contributed by atoms with Crippen LogP contribution in [-0.2, 0) is 4.74 Å². The summed E-state index contributed by atoms with van der Waals surface area (Å²) in [6, 6.07) is 4.88. The summed E-state index contributed by atoms with van der Waals surface area (Å²) in [6.07, 6.45) is -1.69. The Morgan fingerprint density at radius 2 is 2.13 bits per heavy atom. The molecule has 2 rings (SSSR count). The Hall–Kier alpha value is -1.49. The van der Waals surface area contributed by atoms with Crippen LogP contribution in [0.3, 0.4) is 0 Å². The lowest BCUT2D eigenvalue weighted by molar-refractivity contribution is 0.130. The Bertz CT molecular complexity index is 359. The van der Waals surface area contributed by atoms with Crippen molar-refractivity contribution in [1.29, 1.82) is 0 Å². The van der Waals surface area contributed by atoms with E-state index in [1.54, 1.807) is 18.2 Å². The molecule has 5 heteroatoms. The molecule has 1 fully saturated rings. The van der Waals surface area contributed by atoms with Crippen molar-refractivity contribution in [1.82, 2.24) is 0 Å². The van der Waals surface area contributed by atoms with Crippen molar-refractivity contribution in [3.8, 4) is 5.75 Å². The highest BCUT2D eigenvalue weighted by molar-refractivity contribution is 5.59. The number of anilines is 2. The van der Waals surface area contributed by atoms with Crippen molar-refractivity contribution in [2.24, 2.45) is 0 Å². The zero-order chi connectivity index (χ0) is 10.8. The normalized spacial score (nSPS) is 25.4. The fraction of sp³-hybridized carbons (Fsp3) is 0.400. The molecule has 15 heavy (non-hydrogen) atoms. The molecule has 0 amide bonds. The van der Waals surface area contributed by atoms with E-state index in [9.17, 15) is 4.39 Å². The summed E-state index contributed by atoms with van der Waals surface area (Å²) >= 11 is 0. The molecule has 1 unspecified atom stereocenters. The van der Waals surface area contributed by atoms with Crippen molar-refractivity contribution in [2.45, 2.75) is 12.3 Å². The topological polar surface area (TPSA) is 70.5 Å². The smallest absolute Gasteiger partial charge is 0.162 e. The van der Waals surface area contributed by atoms with Gasteiger partial charge in [0.15, 0.2) is 12.3 Å². The fourth-order valence-electron chi connectivity index (χ4n) is 1.43. The first-order chi connectivity index (χ1) is 7.16. The first-order valence-electron chi connectivity index (χ1n) is 4.70. The third kappa shape index (κ3) is 2.12. The average molecular weight is 212 g/mol. The summed E-state index contributed by atoms with van der Waals surface area (Å²) in [7, 11) is 0. The van der Waals surface area contributed by atoms with E-state index in [-0.39, 0.29) is 13.2 Å². The zero-order valence-corrected chi connectivity index (χ0v) is 8.15. The largest absolute Gasteiger partial charge is 0.483 e. The minimum absolute atomic E-state index is 0.0763. The summed E-state index contributed by atoms with van der Waals surface area (Å²) < 4.78 is 23.5. The minimum atomic E-state index is -1.11. The molecule has 0 saturated carbocycles. The van der Waals surface area contributed by atoms with Crippen LogP contribution in [-0.4, -0.2) is 25.5 Å². The average Bonchev–Trinajstić information content (AvgIpc) is 2.58. The van der Waals surface area contributed by atoms with Crippen LogP contribution in [0, 0.1) is 0 Å². The van der Waals surface area contributed by atoms with E-state index >= 15 is 0 Å². The van der Waals surface area contributed by atoms with E-state index in [2.05, 4.69) is 0 Å². The van der Waals surface area contributed by atoms with E-state index in [1.165, 1.54) is 0 Å². The third-order valence-corrected chi connectivity index (χ3v) is 2.28. The molecule has 82 valence electrons. The highest BCUT2D eigenvalue weighted by Gasteiger charge is 2.30. The first-order valence-corrected chi connectivity index (χ1v) is 4.70. The van der Waals surface area contributed by atoms with E-state index < -0.39 is 12.3 Å². The standard InChI is InChI=1S/C10H13FN2O2/c11-7-4-14-5-10(7)15-9-3-6(12)1-2-8(9)13/h1-3,7,10H,4-5,12-13H2/t7-,10?/m1/s1. The first kappa shape index (κ1) is 10.0. The van der Waals surface area contributed by atoms with Crippen LogP contribution < -0.4 is 16.2 Å². The molecule has 0 radical (unpaired) electrons. The Balaban J connectivity index is 2.12. The van der Waals surface area contributed by atoms with Gasteiger partial charge >= 0.3 is 0 Å². The van der Waals surface area contributed by atoms with Gasteiger partial charge in [0, 0.05) is 11.8 Å². The predicted molar refractivity (Wildman–Crippen MR) is 55.4 cm³/mol. The van der Waals surface area contributed by atoms with Crippen molar-refractivity contribution in [2.75, 3.05) is 24.7 Å². The molecule has 0 aliphatic carbocycles. The van der Waals surface area contributed by atoms with E-state index in [0.717, 1.165) is 0 Å². The van der Waals surface area contributed by atoms with Crippen molar-refractivity contribution >= 4 is 11.4 Å². The monoisotopic (exact) mass is 212 g/mol. The van der Waals surface area contributed by atoms with Gasteiger partial charge in [-0.25, -0.2) is 4.39 Å². The number of hydrogen-bond donors (Lipinski definition) is 2. The second kappa shape index (κ2) is 3.94. The maximum absolute atomic E-state index is 13.2. The molecule has 0 bridgehead atoms. The number of halogens is 1. The number of alkyl halides is 1. The second-order valence-corrected chi connectivity index (χ2v) is 3.51. The van der Waals surface area contributed by atoms with Crippen LogP contribution >= 0.6 is 0 Å². The molecule has 0 aromatic heterocycles. The van der Waals surface area contributed by atoms with Crippen LogP contribution in [0.25, 0.3) is 0 Å². The Morgan fingerprint density at radius 1 is 1.33 bits per heavy atom. The molecule has 1 saturated heterocycles. The molecule has 1 heterocycles. The lowest BCUT2D eigenvalue weighted by atomic mass is 10.2. The maximum atomic E-state index is 13.2. The molecule has 1 aliphatic rings. The van der Waals surface area contributed by atoms with E-state index in [1.807, 2.05) is 0 Å². The SMILES string of the molecule is Nc1ccc(N)c(OC2COC[C@H]2F)c1. The Labute approximate surface area is 87.0 Å². The molecule has 1 aromatic carbocycles. The summed E-state index contributed by atoms with van der Waals surface area (Å²) in [5.41, 5.74) is 12.2. The van der Waals surface area contributed by atoms with Crippen molar-refractivity contribution in [3.05, 3.63) is 18.2 Å². The van der Waals surface area contributed by atoms with Crippen LogP contribution in [0.5, 0.6) is 5.75 Å². The highest BCUT2D eigenvalue weighted by Crippen LogP contribution is 2.27. The van der Waals surface area contributed by atoms with Gasteiger partial charge in [0.1, 0.15) is 5.75 Å². The predicted octanol–water partition coefficient (Wildman–Crippen LogP) is 0.967. The number of nitrogens with two attached hydrogens (primary N) is 2. The summed E-state index contributed by atoms with van der Waals surface area (Å²) in [5.74, 6) is 0.410. The van der Waals surface area contributed by atoms with Gasteiger partial charge in [0.25, 0.3) is 0 Å². The Morgan fingerprint density at radius 3 is 2.80 bits per heavy atom. The number of nitrogen functional groups attached to an aromatic ring is 2. The number of ether oxygens (including phenoxy) is 2. The van der Waals surface area contributed by atoms with Crippen molar-refractivity contribution in [3.63, 3.8) is 0 Å². The van der Waals surface area contributed by atoms with Gasteiger partial charge in [-0.15, -0.1) is 0 Å². The molecule has 0 spiro atoms. The van der Waals surface area contributed by atoms with E-state index in [0.29, 0.717) is 17.1 Å². The van der Waals surface area contributed by atoms with E-state index in [4.69, 9.17) is 20.9 Å². The van der Waals surface area contributed by atoms with Crippen LogP contribution in [0.15, 0.2) is 18.2 Å².